The number of carboxylic acid groups (broad SMARTS) is 1. The lowest BCUT2D eigenvalue weighted by Gasteiger charge is -2.27. The highest BCUT2D eigenvalue weighted by molar-refractivity contribution is 8.00. The van der Waals surface area contributed by atoms with E-state index in [-0.39, 0.29) is 17.9 Å². The van der Waals surface area contributed by atoms with E-state index in [1.165, 1.54) is 17.3 Å². The van der Waals surface area contributed by atoms with Crippen LogP contribution in [0.3, 0.4) is 0 Å². The molecule has 1 aliphatic carbocycles. The fourth-order valence-corrected chi connectivity index (χ4v) is 3.31. The molecule has 0 spiro atoms. The lowest BCUT2D eigenvalue weighted by Crippen LogP contribution is -2.40. The lowest BCUT2D eigenvalue weighted by atomic mass is 9.86. The van der Waals surface area contributed by atoms with Gasteiger partial charge in [0.1, 0.15) is 0 Å². The molecule has 2 rings (SSSR count). The molecule has 2 unspecified atom stereocenters. The smallest absolute Gasteiger partial charge is 0.306 e. The Morgan fingerprint density at radius 2 is 2.00 bits per heavy atom. The fourth-order valence-electron chi connectivity index (χ4n) is 2.60. The van der Waals surface area contributed by atoms with Crippen LogP contribution in [0.15, 0.2) is 29.2 Å². The van der Waals surface area contributed by atoms with Crippen LogP contribution in [0.2, 0.25) is 0 Å². The van der Waals surface area contributed by atoms with E-state index in [1.54, 1.807) is 0 Å². The van der Waals surface area contributed by atoms with Crippen molar-refractivity contribution in [2.24, 2.45) is 5.92 Å². The number of hydrogen-bond acceptors (Lipinski definition) is 3. The zero-order chi connectivity index (χ0) is 15.2. The standard InChI is InChI=1S/C16H21NO3S/c1-11-5-7-14(8-6-11)21-10-15(18)17-13-4-2-3-12(9-13)16(19)20/h5-8,12-13H,2-4,9-10H2,1H3,(H,17,18)(H,19,20). The van der Waals surface area contributed by atoms with Crippen LogP contribution in [-0.4, -0.2) is 28.8 Å². The van der Waals surface area contributed by atoms with Crippen LogP contribution in [0.1, 0.15) is 31.2 Å². The van der Waals surface area contributed by atoms with E-state index in [0.717, 1.165) is 24.2 Å². The Hall–Kier alpha value is -1.49. The van der Waals surface area contributed by atoms with Gasteiger partial charge in [-0.1, -0.05) is 24.1 Å². The van der Waals surface area contributed by atoms with E-state index in [4.69, 9.17) is 5.11 Å². The van der Waals surface area contributed by atoms with Crippen LogP contribution >= 0.6 is 11.8 Å². The first kappa shape index (κ1) is 15.9. The molecule has 4 nitrogen and oxygen atoms in total. The molecule has 0 aromatic heterocycles. The molecule has 5 heteroatoms. The highest BCUT2D eigenvalue weighted by atomic mass is 32.2. The molecule has 1 amide bonds. The van der Waals surface area contributed by atoms with Crippen LogP contribution in [0, 0.1) is 12.8 Å². The molecule has 2 atom stereocenters. The van der Waals surface area contributed by atoms with Crippen molar-refractivity contribution < 1.29 is 14.7 Å². The molecule has 1 saturated carbocycles. The SMILES string of the molecule is Cc1ccc(SCC(=O)NC2CCCC(C(=O)O)C2)cc1. The Kier molecular flexibility index (Phi) is 5.67. The molecule has 0 heterocycles. The Morgan fingerprint density at radius 1 is 1.29 bits per heavy atom. The van der Waals surface area contributed by atoms with Gasteiger partial charge >= 0.3 is 5.97 Å². The van der Waals surface area contributed by atoms with Crippen LogP contribution in [0.5, 0.6) is 0 Å². The van der Waals surface area contributed by atoms with E-state index in [9.17, 15) is 9.59 Å². The molecule has 0 aliphatic heterocycles. The number of carboxylic acids is 1. The molecular formula is C16H21NO3S. The minimum absolute atomic E-state index is 0.00553. The van der Waals surface area contributed by atoms with Gasteiger partial charge in [-0.2, -0.15) is 0 Å². The van der Waals surface area contributed by atoms with Crippen LogP contribution in [0.4, 0.5) is 0 Å². The zero-order valence-corrected chi connectivity index (χ0v) is 13.0. The number of aliphatic carboxylic acids is 1. The first-order chi connectivity index (χ1) is 10.0. The van der Waals surface area contributed by atoms with E-state index in [1.807, 2.05) is 31.2 Å². The van der Waals surface area contributed by atoms with Gasteiger partial charge in [-0.3, -0.25) is 9.59 Å². The summed E-state index contributed by atoms with van der Waals surface area (Å²) in [5, 5.41) is 12.0. The minimum atomic E-state index is -0.747. The van der Waals surface area contributed by atoms with Crippen molar-refractivity contribution in [2.45, 2.75) is 43.5 Å². The summed E-state index contributed by atoms with van der Waals surface area (Å²) in [4.78, 5) is 24.0. The predicted molar refractivity (Wildman–Crippen MR) is 83.4 cm³/mol. The number of carbonyl (C=O) groups excluding carboxylic acids is 1. The molecule has 1 fully saturated rings. The average molecular weight is 307 g/mol. The van der Waals surface area contributed by atoms with Gasteiger partial charge in [0, 0.05) is 10.9 Å². The summed E-state index contributed by atoms with van der Waals surface area (Å²) in [7, 11) is 0. The number of thioether (sulfide) groups is 1. The second-order valence-electron chi connectivity index (χ2n) is 5.57. The summed E-state index contributed by atoms with van der Waals surface area (Å²) in [6.07, 6.45) is 3.02. The number of hydrogen-bond donors (Lipinski definition) is 2. The second kappa shape index (κ2) is 7.50. The second-order valence-corrected chi connectivity index (χ2v) is 6.62. The minimum Gasteiger partial charge on any atom is -0.481 e. The maximum Gasteiger partial charge on any atom is 0.306 e. The normalized spacial score (nSPS) is 21.8. The molecule has 114 valence electrons. The predicted octanol–water partition coefficient (Wildman–Crippen LogP) is 2.85. The van der Waals surface area contributed by atoms with Crippen molar-refractivity contribution in [3.8, 4) is 0 Å². The Bertz CT molecular complexity index is 501. The van der Waals surface area contributed by atoms with Crippen molar-refractivity contribution in [3.05, 3.63) is 29.8 Å². The first-order valence-electron chi connectivity index (χ1n) is 7.26. The third-order valence-electron chi connectivity index (χ3n) is 3.78. The van der Waals surface area contributed by atoms with Gasteiger partial charge in [-0.15, -0.1) is 11.8 Å². The van der Waals surface area contributed by atoms with Crippen molar-refractivity contribution in [1.82, 2.24) is 5.32 Å². The monoisotopic (exact) mass is 307 g/mol. The quantitative estimate of drug-likeness (QED) is 0.821. The molecular weight excluding hydrogens is 286 g/mol. The number of amides is 1. The van der Waals surface area contributed by atoms with Crippen molar-refractivity contribution in [1.29, 1.82) is 0 Å². The summed E-state index contributed by atoms with van der Waals surface area (Å²) in [6, 6.07) is 8.08. The average Bonchev–Trinajstić information content (AvgIpc) is 2.47. The van der Waals surface area contributed by atoms with Crippen LogP contribution in [-0.2, 0) is 9.59 Å². The largest absolute Gasteiger partial charge is 0.481 e. The highest BCUT2D eigenvalue weighted by Crippen LogP contribution is 2.25. The van der Waals surface area contributed by atoms with Gasteiger partial charge in [0.2, 0.25) is 5.91 Å². The van der Waals surface area contributed by atoms with Crippen LogP contribution < -0.4 is 5.32 Å². The van der Waals surface area contributed by atoms with Crippen LogP contribution in [0.25, 0.3) is 0 Å². The maximum atomic E-state index is 11.9. The van der Waals surface area contributed by atoms with E-state index < -0.39 is 5.97 Å². The number of aryl methyl sites for hydroxylation is 1. The third kappa shape index (κ3) is 5.08. The third-order valence-corrected chi connectivity index (χ3v) is 4.79. The fraction of sp³-hybridized carbons (Fsp3) is 0.500. The van der Waals surface area contributed by atoms with Gasteiger partial charge < -0.3 is 10.4 Å². The van der Waals surface area contributed by atoms with Gasteiger partial charge in [0.25, 0.3) is 0 Å². The number of carbonyl (C=O) groups is 2. The number of benzene rings is 1. The molecule has 0 bridgehead atoms. The van der Waals surface area contributed by atoms with E-state index in [0.29, 0.717) is 12.2 Å². The van der Waals surface area contributed by atoms with Crippen molar-refractivity contribution in [3.63, 3.8) is 0 Å². The Balaban J connectivity index is 1.76. The molecule has 21 heavy (non-hydrogen) atoms. The Morgan fingerprint density at radius 3 is 2.67 bits per heavy atom. The molecule has 2 N–H and O–H groups in total. The number of rotatable bonds is 5. The number of nitrogens with one attached hydrogen (secondary N) is 1. The maximum absolute atomic E-state index is 11.9. The van der Waals surface area contributed by atoms with Gasteiger partial charge in [0.15, 0.2) is 0 Å². The van der Waals surface area contributed by atoms with E-state index >= 15 is 0 Å². The van der Waals surface area contributed by atoms with Gasteiger partial charge in [-0.05, 0) is 38.3 Å². The molecule has 1 aromatic carbocycles. The molecule has 1 aromatic rings. The summed E-state index contributed by atoms with van der Waals surface area (Å²) in [5.74, 6) is -0.703. The van der Waals surface area contributed by atoms with Gasteiger partial charge in [-0.25, -0.2) is 0 Å². The summed E-state index contributed by atoms with van der Waals surface area (Å²) in [6.45, 7) is 2.03. The van der Waals surface area contributed by atoms with Gasteiger partial charge in [0.05, 0.1) is 11.7 Å². The summed E-state index contributed by atoms with van der Waals surface area (Å²) in [5.41, 5.74) is 1.20. The zero-order valence-electron chi connectivity index (χ0n) is 12.2. The summed E-state index contributed by atoms with van der Waals surface area (Å²) >= 11 is 1.50. The van der Waals surface area contributed by atoms with E-state index in [2.05, 4.69) is 5.32 Å². The summed E-state index contributed by atoms with van der Waals surface area (Å²) < 4.78 is 0. The van der Waals surface area contributed by atoms with Crippen molar-refractivity contribution >= 4 is 23.6 Å². The molecule has 0 radical (unpaired) electrons. The van der Waals surface area contributed by atoms with Crippen molar-refractivity contribution in [2.75, 3.05) is 5.75 Å². The molecule has 0 saturated heterocycles. The Labute approximate surface area is 129 Å². The topological polar surface area (TPSA) is 66.4 Å². The highest BCUT2D eigenvalue weighted by Gasteiger charge is 2.27. The first-order valence-corrected chi connectivity index (χ1v) is 8.25. The molecule has 1 aliphatic rings. The lowest BCUT2D eigenvalue weighted by molar-refractivity contribution is -0.143.